The summed E-state index contributed by atoms with van der Waals surface area (Å²) >= 11 is 6.77. The summed E-state index contributed by atoms with van der Waals surface area (Å²) in [6.45, 7) is 2.75. The number of aryl methyl sites for hydroxylation is 1. The molecule has 0 radical (unpaired) electrons. The average Bonchev–Trinajstić information content (AvgIpc) is 2.65. The number of sulfonamides is 1. The Morgan fingerprint density at radius 3 is 2.63 bits per heavy atom. The van der Waals surface area contributed by atoms with Crippen LogP contribution in [-0.4, -0.2) is 37.1 Å². The smallest absolute Gasteiger partial charge is 0.253 e. The van der Waals surface area contributed by atoms with Crippen LogP contribution in [0.4, 0.5) is 0 Å². The lowest BCUT2D eigenvalue weighted by Gasteiger charge is -2.30. The van der Waals surface area contributed by atoms with Crippen LogP contribution in [0.15, 0.2) is 10.3 Å². The van der Waals surface area contributed by atoms with E-state index >= 15 is 0 Å². The molecule has 0 saturated carbocycles. The molecule has 0 aromatic carbocycles. The molecule has 9 heteroatoms. The molecule has 1 unspecified atom stereocenters. The van der Waals surface area contributed by atoms with Gasteiger partial charge >= 0.3 is 0 Å². The van der Waals surface area contributed by atoms with Gasteiger partial charge < -0.3 is 0 Å². The normalized spacial score (nSPS) is 21.5. The van der Waals surface area contributed by atoms with Crippen molar-refractivity contribution in [2.75, 3.05) is 6.54 Å². The van der Waals surface area contributed by atoms with Crippen molar-refractivity contribution in [3.63, 3.8) is 0 Å². The number of halogens is 1. The van der Waals surface area contributed by atoms with Gasteiger partial charge in [-0.3, -0.25) is 14.9 Å². The summed E-state index contributed by atoms with van der Waals surface area (Å²) in [6.07, 6.45) is 0. The van der Waals surface area contributed by atoms with Crippen molar-refractivity contribution >= 4 is 44.8 Å². The highest BCUT2D eigenvalue weighted by Crippen LogP contribution is 2.32. The first-order valence-electron chi connectivity index (χ1n) is 5.35. The van der Waals surface area contributed by atoms with Crippen LogP contribution in [0.2, 0.25) is 4.34 Å². The molecule has 2 rings (SSSR count). The van der Waals surface area contributed by atoms with Gasteiger partial charge in [-0.25, -0.2) is 8.42 Å². The minimum Gasteiger partial charge on any atom is -0.294 e. The first-order chi connectivity index (χ1) is 8.73. The van der Waals surface area contributed by atoms with Crippen LogP contribution in [0.25, 0.3) is 0 Å². The number of amides is 2. The van der Waals surface area contributed by atoms with Gasteiger partial charge in [0.15, 0.2) is 0 Å². The van der Waals surface area contributed by atoms with Gasteiger partial charge in [0.05, 0.1) is 10.9 Å². The first-order valence-corrected chi connectivity index (χ1v) is 7.98. The topological polar surface area (TPSA) is 83.6 Å². The van der Waals surface area contributed by atoms with E-state index in [0.29, 0.717) is 9.90 Å². The standard InChI is InChI=1S/C10H11ClN2O4S2/c1-5-3-8(18-9(5)11)19(16,17)13-4-7(14)12-10(15)6(13)2/h3,6H,4H2,1-2H3,(H,12,14,15). The maximum Gasteiger partial charge on any atom is 0.253 e. The monoisotopic (exact) mass is 322 g/mol. The van der Waals surface area contributed by atoms with Crippen LogP contribution in [0.3, 0.4) is 0 Å². The Bertz CT molecular complexity index is 633. The number of carbonyl (C=O) groups is 2. The van der Waals surface area contributed by atoms with E-state index in [1.54, 1.807) is 6.92 Å². The molecule has 1 aromatic heterocycles. The number of nitrogens with zero attached hydrogens (tertiary/aromatic N) is 1. The Kier molecular flexibility index (Phi) is 3.69. The summed E-state index contributed by atoms with van der Waals surface area (Å²) in [5.74, 6) is -1.26. The highest BCUT2D eigenvalue weighted by Gasteiger charge is 2.39. The number of nitrogens with one attached hydrogen (secondary N) is 1. The third-order valence-electron chi connectivity index (χ3n) is 2.77. The maximum absolute atomic E-state index is 12.4. The Morgan fingerprint density at radius 1 is 1.47 bits per heavy atom. The molecule has 1 aliphatic heterocycles. The van der Waals surface area contributed by atoms with Crippen LogP contribution >= 0.6 is 22.9 Å². The second kappa shape index (κ2) is 4.86. The predicted molar refractivity (Wildman–Crippen MR) is 70.6 cm³/mol. The SMILES string of the molecule is Cc1cc(S(=O)(=O)N2CC(=O)NC(=O)C2C)sc1Cl. The van der Waals surface area contributed by atoms with Crippen LogP contribution in [0.1, 0.15) is 12.5 Å². The first kappa shape index (κ1) is 14.4. The van der Waals surface area contributed by atoms with E-state index in [4.69, 9.17) is 11.6 Å². The molecule has 2 heterocycles. The van der Waals surface area contributed by atoms with Gasteiger partial charge in [0.25, 0.3) is 10.0 Å². The zero-order valence-corrected chi connectivity index (χ0v) is 12.5. The van der Waals surface area contributed by atoms with Crippen molar-refractivity contribution in [2.24, 2.45) is 0 Å². The molecule has 1 N–H and O–H groups in total. The minimum atomic E-state index is -3.89. The fourth-order valence-electron chi connectivity index (χ4n) is 1.66. The molecule has 19 heavy (non-hydrogen) atoms. The quantitative estimate of drug-likeness (QED) is 0.814. The highest BCUT2D eigenvalue weighted by molar-refractivity contribution is 7.91. The van der Waals surface area contributed by atoms with E-state index in [9.17, 15) is 18.0 Å². The zero-order valence-electron chi connectivity index (χ0n) is 10.1. The van der Waals surface area contributed by atoms with Gasteiger partial charge in [-0.2, -0.15) is 4.31 Å². The van der Waals surface area contributed by atoms with E-state index in [2.05, 4.69) is 5.32 Å². The Hall–Kier alpha value is -0.960. The molecule has 1 fully saturated rings. The lowest BCUT2D eigenvalue weighted by Crippen LogP contribution is -2.58. The van der Waals surface area contributed by atoms with Crippen molar-refractivity contribution in [3.8, 4) is 0 Å². The van der Waals surface area contributed by atoms with Crippen molar-refractivity contribution in [2.45, 2.75) is 24.1 Å². The Labute approximate surface area is 119 Å². The van der Waals surface area contributed by atoms with Gasteiger partial charge in [0, 0.05) is 0 Å². The van der Waals surface area contributed by atoms with E-state index < -0.39 is 27.9 Å². The number of thiophene rings is 1. The van der Waals surface area contributed by atoms with Crippen LogP contribution in [-0.2, 0) is 19.6 Å². The van der Waals surface area contributed by atoms with Crippen molar-refractivity contribution in [1.82, 2.24) is 9.62 Å². The molecule has 6 nitrogen and oxygen atoms in total. The maximum atomic E-state index is 12.4. The molecule has 1 aliphatic rings. The fraction of sp³-hybridized carbons (Fsp3) is 0.400. The predicted octanol–water partition coefficient (Wildman–Crippen LogP) is 0.746. The Morgan fingerprint density at radius 2 is 2.11 bits per heavy atom. The van der Waals surface area contributed by atoms with Gasteiger partial charge in [-0.05, 0) is 25.5 Å². The van der Waals surface area contributed by atoms with E-state index in [-0.39, 0.29) is 10.8 Å². The molecule has 1 atom stereocenters. The summed E-state index contributed by atoms with van der Waals surface area (Å²) in [6, 6.07) is 0.510. The van der Waals surface area contributed by atoms with Crippen LogP contribution in [0.5, 0.6) is 0 Å². The molecule has 0 spiro atoms. The number of hydrogen-bond donors (Lipinski definition) is 1. The van der Waals surface area contributed by atoms with Crippen molar-refractivity contribution in [3.05, 3.63) is 16.0 Å². The van der Waals surface area contributed by atoms with Gasteiger partial charge in [-0.1, -0.05) is 11.6 Å². The Balaban J connectivity index is 2.43. The molecule has 0 bridgehead atoms. The van der Waals surface area contributed by atoms with Gasteiger partial charge in [0.2, 0.25) is 11.8 Å². The van der Waals surface area contributed by atoms with Crippen molar-refractivity contribution in [1.29, 1.82) is 0 Å². The molecule has 1 aromatic rings. The summed E-state index contributed by atoms with van der Waals surface area (Å²) in [5, 5.41) is 2.09. The minimum absolute atomic E-state index is 0.0318. The largest absolute Gasteiger partial charge is 0.294 e. The second-order valence-electron chi connectivity index (χ2n) is 4.16. The molecule has 104 valence electrons. The second-order valence-corrected chi connectivity index (χ2v) is 7.93. The van der Waals surface area contributed by atoms with Crippen LogP contribution < -0.4 is 5.32 Å². The number of imide groups is 1. The van der Waals surface area contributed by atoms with Crippen LogP contribution in [0, 0.1) is 6.92 Å². The van der Waals surface area contributed by atoms with Crippen molar-refractivity contribution < 1.29 is 18.0 Å². The van der Waals surface area contributed by atoms with Gasteiger partial charge in [0.1, 0.15) is 10.3 Å². The summed E-state index contributed by atoms with van der Waals surface area (Å²) in [7, 11) is -3.89. The molecule has 1 saturated heterocycles. The molecular formula is C10H11ClN2O4S2. The lowest BCUT2D eigenvalue weighted by atomic mass is 10.2. The highest BCUT2D eigenvalue weighted by atomic mass is 35.5. The number of piperazine rings is 1. The van der Waals surface area contributed by atoms with E-state index in [1.807, 2.05) is 0 Å². The van der Waals surface area contributed by atoms with E-state index in [0.717, 1.165) is 15.6 Å². The molecule has 2 amide bonds. The summed E-state index contributed by atoms with van der Waals surface area (Å²) < 4.78 is 26.1. The van der Waals surface area contributed by atoms with E-state index in [1.165, 1.54) is 13.0 Å². The number of carbonyl (C=O) groups excluding carboxylic acids is 2. The molecule has 0 aliphatic carbocycles. The number of rotatable bonds is 2. The zero-order chi connectivity index (χ0) is 14.4. The summed E-state index contributed by atoms with van der Waals surface area (Å²) in [5.41, 5.74) is 0.644. The molecular weight excluding hydrogens is 312 g/mol. The van der Waals surface area contributed by atoms with Gasteiger partial charge in [-0.15, -0.1) is 11.3 Å². The summed E-state index contributed by atoms with van der Waals surface area (Å²) in [4.78, 5) is 22.8. The third-order valence-corrected chi connectivity index (χ3v) is 6.69. The average molecular weight is 323 g/mol. The lowest BCUT2D eigenvalue weighted by molar-refractivity contribution is -0.136. The number of hydrogen-bond acceptors (Lipinski definition) is 5. The third kappa shape index (κ3) is 2.53. The fourth-order valence-corrected chi connectivity index (χ4v) is 5.05.